The standard InChI is InChI=1S/C10H13NO5/c1-6(12)15-8-4-5-14-10(11-3)9(8)16-7(2)13/h8-10H,4-5H2,1-2H3/t8-,9+,10+/m0/s1. The lowest BCUT2D eigenvalue weighted by atomic mass is 10.1. The highest BCUT2D eigenvalue weighted by Gasteiger charge is 2.43. The fourth-order valence-electron chi connectivity index (χ4n) is 1.52. The van der Waals surface area contributed by atoms with Crippen molar-refractivity contribution in [2.45, 2.75) is 38.7 Å². The summed E-state index contributed by atoms with van der Waals surface area (Å²) >= 11 is 0. The van der Waals surface area contributed by atoms with Crippen molar-refractivity contribution in [3.8, 4) is 0 Å². The zero-order chi connectivity index (χ0) is 12.1. The third-order valence-electron chi connectivity index (χ3n) is 2.09. The minimum absolute atomic E-state index is 0.308. The molecule has 1 heterocycles. The Hall–Kier alpha value is -1.61. The first kappa shape index (κ1) is 12.5. The van der Waals surface area contributed by atoms with Gasteiger partial charge in [0.05, 0.1) is 6.61 Å². The van der Waals surface area contributed by atoms with Crippen LogP contribution in [0.25, 0.3) is 4.85 Å². The number of rotatable bonds is 2. The van der Waals surface area contributed by atoms with Gasteiger partial charge >= 0.3 is 18.2 Å². The maximum atomic E-state index is 10.9. The molecule has 0 radical (unpaired) electrons. The molecule has 0 unspecified atom stereocenters. The van der Waals surface area contributed by atoms with E-state index in [1.807, 2.05) is 0 Å². The van der Waals surface area contributed by atoms with Gasteiger partial charge in [0, 0.05) is 20.3 Å². The molecule has 0 aromatic rings. The van der Waals surface area contributed by atoms with Gasteiger partial charge in [0.25, 0.3) is 0 Å². The Bertz CT molecular complexity index is 322. The van der Waals surface area contributed by atoms with Crippen molar-refractivity contribution >= 4 is 11.9 Å². The summed E-state index contributed by atoms with van der Waals surface area (Å²) in [5.74, 6) is -0.992. The summed E-state index contributed by atoms with van der Waals surface area (Å²) in [4.78, 5) is 24.9. The van der Waals surface area contributed by atoms with Crippen molar-refractivity contribution in [1.29, 1.82) is 0 Å². The van der Waals surface area contributed by atoms with E-state index < -0.39 is 30.4 Å². The van der Waals surface area contributed by atoms with Crippen LogP contribution in [0.2, 0.25) is 0 Å². The Kier molecular flexibility index (Phi) is 4.26. The topological polar surface area (TPSA) is 66.2 Å². The molecule has 0 saturated carbocycles. The Morgan fingerprint density at radius 1 is 1.31 bits per heavy atom. The highest BCUT2D eigenvalue weighted by Crippen LogP contribution is 2.22. The molecule has 6 heteroatoms. The quantitative estimate of drug-likeness (QED) is 0.508. The van der Waals surface area contributed by atoms with Crippen molar-refractivity contribution in [2.24, 2.45) is 0 Å². The largest absolute Gasteiger partial charge is 0.458 e. The van der Waals surface area contributed by atoms with Crippen LogP contribution in [0.5, 0.6) is 0 Å². The molecule has 16 heavy (non-hydrogen) atoms. The molecule has 1 aliphatic rings. The van der Waals surface area contributed by atoms with Gasteiger partial charge in [-0.05, 0) is 0 Å². The van der Waals surface area contributed by atoms with Crippen molar-refractivity contribution < 1.29 is 23.8 Å². The van der Waals surface area contributed by atoms with Gasteiger partial charge in [-0.25, -0.2) is 6.57 Å². The molecule has 0 N–H and O–H groups in total. The predicted octanol–water partition coefficient (Wildman–Crippen LogP) is 0.515. The first-order valence-electron chi connectivity index (χ1n) is 4.87. The monoisotopic (exact) mass is 227 g/mol. The summed E-state index contributed by atoms with van der Waals surface area (Å²) in [5.41, 5.74) is 0. The summed E-state index contributed by atoms with van der Waals surface area (Å²) in [6.07, 6.45) is -1.92. The summed E-state index contributed by atoms with van der Waals surface area (Å²) in [7, 11) is 0. The zero-order valence-corrected chi connectivity index (χ0v) is 9.13. The van der Waals surface area contributed by atoms with Crippen LogP contribution in [0, 0.1) is 6.57 Å². The van der Waals surface area contributed by atoms with Gasteiger partial charge < -0.3 is 14.2 Å². The molecule has 0 amide bonds. The molecule has 1 rings (SSSR count). The summed E-state index contributed by atoms with van der Waals surface area (Å²) in [6, 6.07) is 0. The van der Waals surface area contributed by atoms with E-state index in [0.717, 1.165) is 0 Å². The van der Waals surface area contributed by atoms with E-state index in [1.54, 1.807) is 0 Å². The second kappa shape index (κ2) is 5.47. The molecule has 0 bridgehead atoms. The molecule has 6 nitrogen and oxygen atoms in total. The Morgan fingerprint density at radius 2 is 1.94 bits per heavy atom. The molecular formula is C10H13NO5. The van der Waals surface area contributed by atoms with E-state index in [4.69, 9.17) is 20.8 Å². The molecule has 1 fully saturated rings. The third kappa shape index (κ3) is 3.21. The zero-order valence-electron chi connectivity index (χ0n) is 9.13. The Morgan fingerprint density at radius 3 is 2.44 bits per heavy atom. The van der Waals surface area contributed by atoms with Crippen LogP contribution in [0.15, 0.2) is 0 Å². The molecule has 0 spiro atoms. The van der Waals surface area contributed by atoms with Crippen LogP contribution >= 0.6 is 0 Å². The lowest BCUT2D eigenvalue weighted by Gasteiger charge is -2.30. The smallest absolute Gasteiger partial charge is 0.368 e. The summed E-state index contributed by atoms with van der Waals surface area (Å²) < 4.78 is 15.1. The van der Waals surface area contributed by atoms with Gasteiger partial charge in [-0.15, -0.1) is 0 Å². The Labute approximate surface area is 93.3 Å². The van der Waals surface area contributed by atoms with Gasteiger partial charge in [0.2, 0.25) is 6.10 Å². The number of esters is 2. The van der Waals surface area contributed by atoms with Crippen LogP contribution < -0.4 is 0 Å². The normalized spacial score (nSPS) is 28.9. The van der Waals surface area contributed by atoms with Gasteiger partial charge in [-0.2, -0.15) is 0 Å². The van der Waals surface area contributed by atoms with Gasteiger partial charge in [0.1, 0.15) is 0 Å². The minimum atomic E-state index is -0.901. The summed E-state index contributed by atoms with van der Waals surface area (Å²) in [6.45, 7) is 9.73. The average molecular weight is 227 g/mol. The van der Waals surface area contributed by atoms with Crippen molar-refractivity contribution in [3.05, 3.63) is 11.4 Å². The molecule has 88 valence electrons. The molecule has 1 aliphatic heterocycles. The molecule has 0 aromatic heterocycles. The van der Waals surface area contributed by atoms with E-state index in [2.05, 4.69) is 4.85 Å². The lowest BCUT2D eigenvalue weighted by molar-refractivity contribution is -0.187. The van der Waals surface area contributed by atoms with Gasteiger partial charge in [-0.3, -0.25) is 14.4 Å². The SMILES string of the molecule is [C-]#[N+][C@@H]1OCC[C@H](OC(C)=O)[C@H]1OC(C)=O. The molecular weight excluding hydrogens is 214 g/mol. The first-order chi connectivity index (χ1) is 7.54. The number of carbonyl (C=O) groups is 2. The predicted molar refractivity (Wildman–Crippen MR) is 52.1 cm³/mol. The van der Waals surface area contributed by atoms with Crippen LogP contribution in [0.4, 0.5) is 0 Å². The lowest BCUT2D eigenvalue weighted by Crippen LogP contribution is -2.47. The highest BCUT2D eigenvalue weighted by atomic mass is 16.6. The van der Waals surface area contributed by atoms with Crippen LogP contribution in [0.3, 0.4) is 0 Å². The highest BCUT2D eigenvalue weighted by molar-refractivity contribution is 5.67. The number of ether oxygens (including phenoxy) is 3. The van der Waals surface area contributed by atoms with E-state index >= 15 is 0 Å². The molecule has 0 aromatic carbocycles. The number of hydrogen-bond acceptors (Lipinski definition) is 5. The van der Waals surface area contributed by atoms with E-state index in [9.17, 15) is 9.59 Å². The second-order valence-electron chi connectivity index (χ2n) is 3.40. The van der Waals surface area contributed by atoms with E-state index in [-0.39, 0.29) is 0 Å². The maximum Gasteiger partial charge on any atom is 0.368 e. The Balaban J connectivity index is 2.74. The van der Waals surface area contributed by atoms with Crippen molar-refractivity contribution in [2.75, 3.05) is 6.61 Å². The number of nitrogens with zero attached hydrogens (tertiary/aromatic N) is 1. The summed E-state index contributed by atoms with van der Waals surface area (Å²) in [5, 5.41) is 0. The van der Waals surface area contributed by atoms with Gasteiger partial charge in [-0.1, -0.05) is 0 Å². The third-order valence-corrected chi connectivity index (χ3v) is 2.09. The fraction of sp³-hybridized carbons (Fsp3) is 0.700. The van der Waals surface area contributed by atoms with Crippen LogP contribution in [-0.4, -0.2) is 37.0 Å². The number of carbonyl (C=O) groups excluding carboxylic acids is 2. The maximum absolute atomic E-state index is 10.9. The minimum Gasteiger partial charge on any atom is -0.458 e. The molecule has 3 atom stereocenters. The second-order valence-corrected chi connectivity index (χ2v) is 3.40. The average Bonchev–Trinajstić information content (AvgIpc) is 2.19. The van der Waals surface area contributed by atoms with Crippen molar-refractivity contribution in [1.82, 2.24) is 0 Å². The number of hydrogen-bond donors (Lipinski definition) is 0. The van der Waals surface area contributed by atoms with E-state index in [1.165, 1.54) is 13.8 Å². The fourth-order valence-corrected chi connectivity index (χ4v) is 1.52. The van der Waals surface area contributed by atoms with Crippen LogP contribution in [-0.2, 0) is 23.8 Å². The first-order valence-corrected chi connectivity index (χ1v) is 4.87. The van der Waals surface area contributed by atoms with Crippen LogP contribution in [0.1, 0.15) is 20.3 Å². The molecule has 1 saturated heterocycles. The van der Waals surface area contributed by atoms with Gasteiger partial charge in [0.15, 0.2) is 6.10 Å². The molecule has 0 aliphatic carbocycles. The van der Waals surface area contributed by atoms with Crippen molar-refractivity contribution in [3.63, 3.8) is 0 Å². The van der Waals surface area contributed by atoms with E-state index in [0.29, 0.717) is 13.0 Å².